The highest BCUT2D eigenvalue weighted by atomic mass is 19.1. The van der Waals surface area contributed by atoms with Crippen LogP contribution < -0.4 is 10.6 Å². The third kappa shape index (κ3) is 4.15. The van der Waals surface area contributed by atoms with E-state index in [2.05, 4.69) is 33.6 Å². The number of guanidine groups is 1. The quantitative estimate of drug-likeness (QED) is 0.555. The minimum absolute atomic E-state index is 0.217. The number of halogens is 1. The Bertz CT molecular complexity index is 884. The number of imidazole rings is 1. The SMILES string of the molecule is CN=C(NCCc1cn2cccc(C)c2n1)NCc1ccccc1F. The summed E-state index contributed by atoms with van der Waals surface area (Å²) in [6.07, 6.45) is 4.82. The number of nitrogens with one attached hydrogen (secondary N) is 2. The lowest BCUT2D eigenvalue weighted by Crippen LogP contribution is -2.38. The van der Waals surface area contributed by atoms with E-state index in [1.165, 1.54) is 6.07 Å². The molecule has 0 aliphatic rings. The number of hydrogen-bond acceptors (Lipinski definition) is 2. The number of fused-ring (bicyclic) bond motifs is 1. The van der Waals surface area contributed by atoms with Crippen molar-refractivity contribution >= 4 is 11.6 Å². The zero-order chi connectivity index (χ0) is 17.6. The van der Waals surface area contributed by atoms with Gasteiger partial charge in [-0.3, -0.25) is 4.99 Å². The first-order valence-electron chi connectivity index (χ1n) is 8.28. The van der Waals surface area contributed by atoms with Crippen molar-refractivity contribution in [2.24, 2.45) is 4.99 Å². The molecular formula is C19H22FN5. The Morgan fingerprint density at radius 1 is 1.20 bits per heavy atom. The van der Waals surface area contributed by atoms with Gasteiger partial charge in [-0.25, -0.2) is 9.37 Å². The number of benzene rings is 1. The van der Waals surface area contributed by atoms with Crippen molar-refractivity contribution in [2.75, 3.05) is 13.6 Å². The first kappa shape index (κ1) is 17.0. The van der Waals surface area contributed by atoms with Gasteiger partial charge in [-0.2, -0.15) is 0 Å². The number of rotatable bonds is 5. The molecule has 3 rings (SSSR count). The highest BCUT2D eigenvalue weighted by molar-refractivity contribution is 5.79. The molecule has 0 aliphatic carbocycles. The van der Waals surface area contributed by atoms with Crippen LogP contribution in [0.2, 0.25) is 0 Å². The maximum absolute atomic E-state index is 13.6. The van der Waals surface area contributed by atoms with Crippen molar-refractivity contribution in [3.8, 4) is 0 Å². The lowest BCUT2D eigenvalue weighted by atomic mass is 10.2. The summed E-state index contributed by atoms with van der Waals surface area (Å²) < 4.78 is 15.7. The molecule has 0 amide bonds. The molecule has 0 radical (unpaired) electrons. The van der Waals surface area contributed by atoms with Crippen LogP contribution in [-0.2, 0) is 13.0 Å². The van der Waals surface area contributed by atoms with Crippen LogP contribution in [0.5, 0.6) is 0 Å². The number of nitrogens with zero attached hydrogens (tertiary/aromatic N) is 3. The standard InChI is InChI=1S/C19H22FN5/c1-14-6-5-11-25-13-16(24-18(14)25)9-10-22-19(21-2)23-12-15-7-3-4-8-17(15)20/h3-8,11,13H,9-10,12H2,1-2H3,(H2,21,22,23). The minimum atomic E-state index is -0.217. The Hall–Kier alpha value is -2.89. The molecule has 6 heteroatoms. The Balaban J connectivity index is 1.52. The molecular weight excluding hydrogens is 317 g/mol. The average molecular weight is 339 g/mol. The predicted octanol–water partition coefficient (Wildman–Crippen LogP) is 2.69. The van der Waals surface area contributed by atoms with Crippen molar-refractivity contribution < 1.29 is 4.39 Å². The van der Waals surface area contributed by atoms with Gasteiger partial charge in [0.25, 0.3) is 0 Å². The molecule has 0 aliphatic heterocycles. The Kier molecular flexibility index (Phi) is 5.28. The number of aromatic nitrogens is 2. The lowest BCUT2D eigenvalue weighted by Gasteiger charge is -2.11. The highest BCUT2D eigenvalue weighted by Gasteiger charge is 2.05. The lowest BCUT2D eigenvalue weighted by molar-refractivity contribution is 0.604. The summed E-state index contributed by atoms with van der Waals surface area (Å²) in [6, 6.07) is 10.8. The summed E-state index contributed by atoms with van der Waals surface area (Å²) in [4.78, 5) is 8.82. The maximum Gasteiger partial charge on any atom is 0.191 e. The molecule has 0 spiro atoms. The highest BCUT2D eigenvalue weighted by Crippen LogP contribution is 2.10. The van der Waals surface area contributed by atoms with Crippen molar-refractivity contribution in [1.82, 2.24) is 20.0 Å². The third-order valence-corrected chi connectivity index (χ3v) is 4.03. The number of aliphatic imine (C=N–C) groups is 1. The molecule has 2 aromatic heterocycles. The van der Waals surface area contributed by atoms with Gasteiger partial charge in [0.05, 0.1) is 5.69 Å². The second kappa shape index (κ2) is 7.79. The van der Waals surface area contributed by atoms with E-state index in [0.717, 1.165) is 23.3 Å². The first-order chi connectivity index (χ1) is 12.2. The molecule has 3 aromatic rings. The van der Waals surface area contributed by atoms with Crippen molar-refractivity contribution in [2.45, 2.75) is 19.9 Å². The van der Waals surface area contributed by atoms with Gasteiger partial charge in [0.1, 0.15) is 11.5 Å². The van der Waals surface area contributed by atoms with E-state index in [-0.39, 0.29) is 5.82 Å². The number of pyridine rings is 1. The van der Waals surface area contributed by atoms with Gasteiger partial charge in [0.15, 0.2) is 5.96 Å². The monoisotopic (exact) mass is 339 g/mol. The summed E-state index contributed by atoms with van der Waals surface area (Å²) in [6.45, 7) is 3.14. The molecule has 0 unspecified atom stereocenters. The molecule has 0 atom stereocenters. The smallest absolute Gasteiger partial charge is 0.191 e. The molecule has 0 saturated carbocycles. The van der Waals surface area contributed by atoms with Crippen LogP contribution in [0, 0.1) is 12.7 Å². The van der Waals surface area contributed by atoms with Crippen LogP contribution >= 0.6 is 0 Å². The van der Waals surface area contributed by atoms with Gasteiger partial charge >= 0.3 is 0 Å². The molecule has 0 saturated heterocycles. The third-order valence-electron chi connectivity index (χ3n) is 4.03. The van der Waals surface area contributed by atoms with E-state index in [9.17, 15) is 4.39 Å². The summed E-state index contributed by atoms with van der Waals surface area (Å²) in [7, 11) is 1.70. The van der Waals surface area contributed by atoms with Crippen LogP contribution in [0.25, 0.3) is 5.65 Å². The van der Waals surface area contributed by atoms with Gasteiger partial charge in [-0.15, -0.1) is 0 Å². The second-order valence-electron chi connectivity index (χ2n) is 5.85. The van der Waals surface area contributed by atoms with Gasteiger partial charge in [-0.05, 0) is 24.6 Å². The largest absolute Gasteiger partial charge is 0.356 e. The Morgan fingerprint density at radius 2 is 2.04 bits per heavy atom. The van der Waals surface area contributed by atoms with Crippen LogP contribution in [0.4, 0.5) is 4.39 Å². The van der Waals surface area contributed by atoms with E-state index < -0.39 is 0 Å². The fourth-order valence-electron chi connectivity index (χ4n) is 2.68. The minimum Gasteiger partial charge on any atom is -0.356 e. The van der Waals surface area contributed by atoms with E-state index in [0.29, 0.717) is 24.6 Å². The molecule has 2 heterocycles. The normalized spacial score (nSPS) is 11.7. The molecule has 0 bridgehead atoms. The van der Waals surface area contributed by atoms with Gasteiger partial charge < -0.3 is 15.0 Å². The fraction of sp³-hybridized carbons (Fsp3) is 0.263. The van der Waals surface area contributed by atoms with Crippen LogP contribution in [0.15, 0.2) is 53.8 Å². The summed E-state index contributed by atoms with van der Waals surface area (Å²) in [5.41, 5.74) is 3.77. The first-order valence-corrected chi connectivity index (χ1v) is 8.28. The fourth-order valence-corrected chi connectivity index (χ4v) is 2.68. The van der Waals surface area contributed by atoms with E-state index in [1.54, 1.807) is 19.2 Å². The maximum atomic E-state index is 13.6. The predicted molar refractivity (Wildman–Crippen MR) is 98.2 cm³/mol. The molecule has 1 aromatic carbocycles. The van der Waals surface area contributed by atoms with Gasteiger partial charge in [0, 0.05) is 44.5 Å². The zero-order valence-corrected chi connectivity index (χ0v) is 14.5. The number of aryl methyl sites for hydroxylation is 1. The second-order valence-corrected chi connectivity index (χ2v) is 5.85. The average Bonchev–Trinajstić information content (AvgIpc) is 3.03. The van der Waals surface area contributed by atoms with Gasteiger partial charge in [0.2, 0.25) is 0 Å². The van der Waals surface area contributed by atoms with Crippen molar-refractivity contribution in [3.05, 3.63) is 71.4 Å². The van der Waals surface area contributed by atoms with Crippen molar-refractivity contribution in [3.63, 3.8) is 0 Å². The summed E-state index contributed by atoms with van der Waals surface area (Å²) in [5.74, 6) is 0.425. The van der Waals surface area contributed by atoms with E-state index >= 15 is 0 Å². The molecule has 130 valence electrons. The summed E-state index contributed by atoms with van der Waals surface area (Å²) >= 11 is 0. The van der Waals surface area contributed by atoms with E-state index in [4.69, 9.17) is 0 Å². The van der Waals surface area contributed by atoms with Crippen LogP contribution in [0.1, 0.15) is 16.8 Å². The number of hydrogen-bond donors (Lipinski definition) is 2. The van der Waals surface area contributed by atoms with E-state index in [1.807, 2.05) is 28.9 Å². The molecule has 0 fully saturated rings. The zero-order valence-electron chi connectivity index (χ0n) is 14.5. The molecule has 2 N–H and O–H groups in total. The van der Waals surface area contributed by atoms with Crippen molar-refractivity contribution in [1.29, 1.82) is 0 Å². The molecule has 25 heavy (non-hydrogen) atoms. The summed E-state index contributed by atoms with van der Waals surface area (Å²) in [5, 5.41) is 6.36. The molecule has 5 nitrogen and oxygen atoms in total. The van der Waals surface area contributed by atoms with Crippen LogP contribution in [-0.4, -0.2) is 28.9 Å². The Labute approximate surface area is 146 Å². The van der Waals surface area contributed by atoms with Gasteiger partial charge in [-0.1, -0.05) is 24.3 Å². The Morgan fingerprint density at radius 3 is 2.80 bits per heavy atom. The topological polar surface area (TPSA) is 53.7 Å². The van der Waals surface area contributed by atoms with Crippen LogP contribution in [0.3, 0.4) is 0 Å².